The molecule has 1 aromatic heterocycles. The minimum absolute atomic E-state index is 0.0571. The number of carbonyl (C=O) groups is 1. The number of likely N-dealkylation sites (N-methyl/N-ethyl adjacent to an activating group) is 1. The van der Waals surface area contributed by atoms with E-state index in [4.69, 9.17) is 16.3 Å². The van der Waals surface area contributed by atoms with Crippen LogP contribution in [0.3, 0.4) is 0 Å². The van der Waals surface area contributed by atoms with E-state index in [1.54, 1.807) is 18.7 Å². The van der Waals surface area contributed by atoms with Crippen molar-refractivity contribution in [2.45, 2.75) is 13.0 Å². The SMILES string of the molecule is COc1ccccc1C(CNC(=O)c1c(C)nn(-c2ccccc2)c1Cl)N(C)C. The van der Waals surface area contributed by atoms with Crippen molar-refractivity contribution in [2.75, 3.05) is 27.7 Å². The number of nitrogens with zero attached hydrogens (tertiary/aromatic N) is 3. The molecule has 0 spiro atoms. The summed E-state index contributed by atoms with van der Waals surface area (Å²) in [5, 5.41) is 7.74. The molecule has 1 atom stereocenters. The second-order valence-electron chi connectivity index (χ2n) is 6.93. The van der Waals surface area contributed by atoms with E-state index in [0.717, 1.165) is 17.0 Å². The molecule has 1 N–H and O–H groups in total. The fourth-order valence-electron chi connectivity index (χ4n) is 3.29. The van der Waals surface area contributed by atoms with Crippen LogP contribution in [0.25, 0.3) is 5.69 Å². The molecule has 7 heteroatoms. The maximum atomic E-state index is 12.9. The lowest BCUT2D eigenvalue weighted by molar-refractivity contribution is 0.0941. The Labute approximate surface area is 176 Å². The first-order chi connectivity index (χ1) is 13.9. The Balaban J connectivity index is 1.82. The number of hydrogen-bond donors (Lipinski definition) is 1. The highest BCUT2D eigenvalue weighted by atomic mass is 35.5. The Morgan fingerprint density at radius 3 is 2.48 bits per heavy atom. The third-order valence-corrected chi connectivity index (χ3v) is 5.16. The van der Waals surface area contributed by atoms with Gasteiger partial charge in [0.05, 0.1) is 30.1 Å². The molecule has 29 heavy (non-hydrogen) atoms. The summed E-state index contributed by atoms with van der Waals surface area (Å²) in [5.41, 5.74) is 2.77. The highest BCUT2D eigenvalue weighted by molar-refractivity contribution is 6.33. The summed E-state index contributed by atoms with van der Waals surface area (Å²) >= 11 is 6.51. The van der Waals surface area contributed by atoms with Crippen LogP contribution in [0.15, 0.2) is 54.6 Å². The van der Waals surface area contributed by atoms with Crippen molar-refractivity contribution in [2.24, 2.45) is 0 Å². The third kappa shape index (κ3) is 4.44. The van der Waals surface area contributed by atoms with E-state index in [1.165, 1.54) is 0 Å². The number of aryl methyl sites for hydroxylation is 1. The summed E-state index contributed by atoms with van der Waals surface area (Å²) in [4.78, 5) is 15.0. The van der Waals surface area contributed by atoms with Crippen LogP contribution in [0.4, 0.5) is 0 Å². The summed E-state index contributed by atoms with van der Waals surface area (Å²) < 4.78 is 7.06. The first-order valence-corrected chi connectivity index (χ1v) is 9.70. The Kier molecular flexibility index (Phi) is 6.56. The second kappa shape index (κ2) is 9.11. The normalized spacial score (nSPS) is 12.1. The molecule has 0 fully saturated rings. The lowest BCUT2D eigenvalue weighted by Gasteiger charge is -2.26. The van der Waals surface area contributed by atoms with Crippen molar-refractivity contribution < 1.29 is 9.53 Å². The summed E-state index contributed by atoms with van der Waals surface area (Å²) in [5.74, 6) is 0.531. The largest absolute Gasteiger partial charge is 0.496 e. The van der Waals surface area contributed by atoms with Crippen molar-refractivity contribution in [1.82, 2.24) is 20.0 Å². The predicted molar refractivity (Wildman–Crippen MR) is 115 cm³/mol. The van der Waals surface area contributed by atoms with Crippen molar-refractivity contribution in [1.29, 1.82) is 0 Å². The lowest BCUT2D eigenvalue weighted by atomic mass is 10.0. The minimum Gasteiger partial charge on any atom is -0.496 e. The quantitative estimate of drug-likeness (QED) is 0.639. The zero-order valence-corrected chi connectivity index (χ0v) is 17.8. The number of hydrogen-bond acceptors (Lipinski definition) is 4. The maximum absolute atomic E-state index is 12.9. The zero-order valence-electron chi connectivity index (χ0n) is 17.0. The number of ether oxygens (including phenoxy) is 1. The fraction of sp³-hybridized carbons (Fsp3) is 0.273. The van der Waals surface area contributed by atoms with Crippen molar-refractivity contribution >= 4 is 17.5 Å². The predicted octanol–water partition coefficient (Wildman–Crippen LogP) is 3.88. The van der Waals surface area contributed by atoms with E-state index in [2.05, 4.69) is 10.4 Å². The topological polar surface area (TPSA) is 59.4 Å². The average molecular weight is 413 g/mol. The number of nitrogens with one attached hydrogen (secondary N) is 1. The van der Waals surface area contributed by atoms with Gasteiger partial charge in [0.1, 0.15) is 10.9 Å². The van der Waals surface area contributed by atoms with Crippen LogP contribution in [0, 0.1) is 6.92 Å². The lowest BCUT2D eigenvalue weighted by Crippen LogP contribution is -2.35. The molecule has 0 aliphatic heterocycles. The smallest absolute Gasteiger partial charge is 0.256 e. The number of benzene rings is 2. The van der Waals surface area contributed by atoms with Gasteiger partial charge >= 0.3 is 0 Å². The molecular weight excluding hydrogens is 388 g/mol. The molecule has 2 aromatic carbocycles. The van der Waals surface area contributed by atoms with Crippen LogP contribution >= 0.6 is 11.6 Å². The molecule has 0 bridgehead atoms. The van der Waals surface area contributed by atoms with Gasteiger partial charge in [0, 0.05) is 12.1 Å². The molecule has 3 aromatic rings. The molecule has 0 aliphatic carbocycles. The number of amides is 1. The number of carbonyl (C=O) groups excluding carboxylic acids is 1. The summed E-state index contributed by atoms with van der Waals surface area (Å²) in [7, 11) is 5.58. The molecule has 0 radical (unpaired) electrons. The Hall–Kier alpha value is -2.83. The van der Waals surface area contributed by atoms with E-state index in [-0.39, 0.29) is 11.9 Å². The minimum atomic E-state index is -0.253. The van der Waals surface area contributed by atoms with Gasteiger partial charge in [-0.3, -0.25) is 4.79 Å². The molecule has 1 unspecified atom stereocenters. The average Bonchev–Trinajstić information content (AvgIpc) is 3.02. The van der Waals surface area contributed by atoms with Crippen LogP contribution in [-0.2, 0) is 0 Å². The highest BCUT2D eigenvalue weighted by Crippen LogP contribution is 2.28. The van der Waals surface area contributed by atoms with Crippen molar-refractivity contribution in [3.05, 3.63) is 76.6 Å². The van der Waals surface area contributed by atoms with Gasteiger partial charge in [0.15, 0.2) is 0 Å². The van der Waals surface area contributed by atoms with Gasteiger partial charge in [-0.05, 0) is 39.2 Å². The van der Waals surface area contributed by atoms with E-state index in [9.17, 15) is 4.79 Å². The van der Waals surface area contributed by atoms with Gasteiger partial charge in [-0.25, -0.2) is 4.68 Å². The van der Waals surface area contributed by atoms with Gasteiger partial charge in [0.25, 0.3) is 5.91 Å². The van der Waals surface area contributed by atoms with E-state index in [0.29, 0.717) is 23.0 Å². The number of halogens is 1. The molecule has 0 saturated carbocycles. The Morgan fingerprint density at radius 2 is 1.83 bits per heavy atom. The molecule has 3 rings (SSSR count). The van der Waals surface area contributed by atoms with Gasteiger partial charge in [0.2, 0.25) is 0 Å². The van der Waals surface area contributed by atoms with Crippen LogP contribution < -0.4 is 10.1 Å². The summed E-state index contributed by atoms with van der Waals surface area (Å²) in [6.45, 7) is 2.18. The first kappa shape index (κ1) is 20.9. The molecule has 1 heterocycles. The van der Waals surface area contributed by atoms with E-state index in [1.807, 2.05) is 73.6 Å². The Morgan fingerprint density at radius 1 is 1.17 bits per heavy atom. The molecule has 1 amide bonds. The first-order valence-electron chi connectivity index (χ1n) is 9.32. The number of methoxy groups -OCH3 is 1. The van der Waals surface area contributed by atoms with Gasteiger partial charge in [-0.15, -0.1) is 0 Å². The van der Waals surface area contributed by atoms with Gasteiger partial charge in [-0.1, -0.05) is 48.0 Å². The molecule has 6 nitrogen and oxygen atoms in total. The fourth-order valence-corrected chi connectivity index (χ4v) is 3.65. The van der Waals surface area contributed by atoms with E-state index < -0.39 is 0 Å². The van der Waals surface area contributed by atoms with Gasteiger partial charge < -0.3 is 15.0 Å². The molecular formula is C22H25ClN4O2. The summed E-state index contributed by atoms with van der Waals surface area (Å²) in [6.07, 6.45) is 0. The molecule has 0 aliphatic rings. The van der Waals surface area contributed by atoms with Gasteiger partial charge in [-0.2, -0.15) is 5.10 Å². The second-order valence-corrected chi connectivity index (χ2v) is 7.29. The highest BCUT2D eigenvalue weighted by Gasteiger charge is 2.24. The van der Waals surface area contributed by atoms with Crippen LogP contribution in [-0.4, -0.2) is 48.3 Å². The standard InChI is InChI=1S/C22H25ClN4O2/c1-15-20(21(23)27(25-15)16-10-6-5-7-11-16)22(28)24-14-18(26(2)3)17-12-8-9-13-19(17)29-4/h5-13,18H,14H2,1-4H3,(H,24,28). The van der Waals surface area contributed by atoms with Crippen LogP contribution in [0.5, 0.6) is 5.75 Å². The summed E-state index contributed by atoms with van der Waals surface area (Å²) in [6, 6.07) is 17.2. The molecule has 152 valence electrons. The van der Waals surface area contributed by atoms with Crippen molar-refractivity contribution in [3.8, 4) is 11.4 Å². The number of aromatic nitrogens is 2. The van der Waals surface area contributed by atoms with Crippen LogP contribution in [0.1, 0.15) is 27.7 Å². The number of rotatable bonds is 7. The van der Waals surface area contributed by atoms with Crippen molar-refractivity contribution in [3.63, 3.8) is 0 Å². The molecule has 0 saturated heterocycles. The monoisotopic (exact) mass is 412 g/mol. The zero-order chi connectivity index (χ0) is 21.0. The van der Waals surface area contributed by atoms with Crippen LogP contribution in [0.2, 0.25) is 5.15 Å². The Bertz CT molecular complexity index is 986. The van der Waals surface area contributed by atoms with E-state index >= 15 is 0 Å². The maximum Gasteiger partial charge on any atom is 0.256 e. The number of para-hydroxylation sites is 2. The third-order valence-electron chi connectivity index (χ3n) is 4.81.